The number of ether oxygens (including phenoxy) is 6. The van der Waals surface area contributed by atoms with Crippen molar-refractivity contribution >= 4 is 5.91 Å². The van der Waals surface area contributed by atoms with Gasteiger partial charge in [0.25, 0.3) is 0 Å². The molecule has 12 N–H and O–H groups in total. The van der Waals surface area contributed by atoms with Crippen molar-refractivity contribution in [2.24, 2.45) is 0 Å². The summed E-state index contributed by atoms with van der Waals surface area (Å²) in [7, 11) is 0. The Morgan fingerprint density at radius 3 is 1.20 bits per heavy atom. The maximum atomic E-state index is 13.4. The van der Waals surface area contributed by atoms with Crippen LogP contribution in [0.2, 0.25) is 0 Å². The molecular weight excluding hydrogens is 1120 g/mol. The van der Waals surface area contributed by atoms with Gasteiger partial charge in [-0.3, -0.25) is 4.79 Å². The van der Waals surface area contributed by atoms with Gasteiger partial charge in [-0.25, -0.2) is 0 Å². The van der Waals surface area contributed by atoms with E-state index in [4.69, 9.17) is 28.4 Å². The van der Waals surface area contributed by atoms with E-state index in [0.29, 0.717) is 12.8 Å². The van der Waals surface area contributed by atoms with Gasteiger partial charge in [-0.05, 0) is 44.9 Å². The van der Waals surface area contributed by atoms with Gasteiger partial charge in [0.2, 0.25) is 5.91 Å². The Hall–Kier alpha value is -1.73. The van der Waals surface area contributed by atoms with Gasteiger partial charge < -0.3 is 89.9 Å². The summed E-state index contributed by atoms with van der Waals surface area (Å²) < 4.78 is 34.4. The number of carbonyl (C=O) groups excluding carboxylic acids is 1. The molecule has 1 amide bonds. The Morgan fingerprint density at radius 1 is 0.414 bits per heavy atom. The van der Waals surface area contributed by atoms with Crippen LogP contribution in [-0.4, -0.2) is 193 Å². The molecule has 0 aromatic heterocycles. The van der Waals surface area contributed by atoms with E-state index in [1.807, 2.05) is 0 Å². The summed E-state index contributed by atoms with van der Waals surface area (Å²) in [6.45, 7) is 1.78. The lowest BCUT2D eigenvalue weighted by Crippen LogP contribution is -2.66. The van der Waals surface area contributed by atoms with E-state index in [0.717, 1.165) is 70.6 Å². The highest BCUT2D eigenvalue weighted by Crippen LogP contribution is 2.33. The van der Waals surface area contributed by atoms with Crippen molar-refractivity contribution in [1.82, 2.24) is 5.32 Å². The minimum Gasteiger partial charge on any atom is -0.394 e. The summed E-state index contributed by atoms with van der Waals surface area (Å²) in [5.74, 6) is -0.254. The van der Waals surface area contributed by atoms with Crippen LogP contribution in [-0.2, 0) is 33.2 Å². The van der Waals surface area contributed by atoms with E-state index < -0.39 is 124 Å². The SMILES string of the molecule is CCCCC/C=C\C/C=C\CCCCCCCC(=O)NC(COC1OC(CO)C(OC2OC(CO)C(OC3OC(CO)C(O)C(O)C3O)C(O)C2O)C(O)C1O)C(O)CCCCCCCCCCCCCCCCCCCCCCCCCCCCC. The number of unbranched alkanes of at least 4 members (excludes halogenated alkanes) is 34. The van der Waals surface area contributed by atoms with Crippen molar-refractivity contribution in [3.63, 3.8) is 0 Å². The molecule has 0 radical (unpaired) electrons. The lowest BCUT2D eigenvalue weighted by atomic mass is 9.96. The van der Waals surface area contributed by atoms with Crippen LogP contribution in [0.1, 0.15) is 271 Å². The maximum absolute atomic E-state index is 13.4. The molecule has 3 heterocycles. The number of hydrogen-bond donors (Lipinski definition) is 12. The quantitative estimate of drug-likeness (QED) is 0.0200. The van der Waals surface area contributed by atoms with Gasteiger partial charge in [0.15, 0.2) is 18.9 Å². The monoisotopic (exact) mass is 1250 g/mol. The molecule has 0 bridgehead atoms. The van der Waals surface area contributed by atoms with Crippen LogP contribution < -0.4 is 5.32 Å². The number of aliphatic hydroxyl groups excluding tert-OH is 11. The first-order chi connectivity index (χ1) is 42.3. The average Bonchev–Trinajstić information content (AvgIpc) is 2.90. The minimum absolute atomic E-state index is 0.252. The van der Waals surface area contributed by atoms with E-state index in [-0.39, 0.29) is 18.9 Å². The number of rotatable bonds is 54. The average molecular weight is 1250 g/mol. The zero-order valence-electron chi connectivity index (χ0n) is 54.0. The Kier molecular flexibility index (Phi) is 46.4. The fourth-order valence-corrected chi connectivity index (χ4v) is 12.1. The van der Waals surface area contributed by atoms with E-state index in [9.17, 15) is 61.0 Å². The summed E-state index contributed by atoms with van der Waals surface area (Å²) in [6.07, 6.45) is 29.8. The zero-order valence-corrected chi connectivity index (χ0v) is 54.0. The molecule has 0 aromatic carbocycles. The third-order valence-corrected chi connectivity index (χ3v) is 17.8. The second-order valence-electron chi connectivity index (χ2n) is 25.3. The van der Waals surface area contributed by atoms with Crippen LogP contribution in [0.5, 0.6) is 0 Å². The first-order valence-electron chi connectivity index (χ1n) is 35.1. The molecule has 3 saturated heterocycles. The van der Waals surface area contributed by atoms with Crippen LogP contribution in [0.25, 0.3) is 0 Å². The molecule has 0 spiro atoms. The molecule has 3 aliphatic rings. The van der Waals surface area contributed by atoms with E-state index in [1.165, 1.54) is 167 Å². The summed E-state index contributed by atoms with van der Waals surface area (Å²) in [5, 5.41) is 121. The van der Waals surface area contributed by atoms with Crippen LogP contribution in [0, 0.1) is 0 Å². The maximum Gasteiger partial charge on any atom is 0.220 e. The largest absolute Gasteiger partial charge is 0.394 e. The number of aliphatic hydroxyl groups is 11. The third-order valence-electron chi connectivity index (χ3n) is 17.8. The number of amides is 1. The van der Waals surface area contributed by atoms with Crippen LogP contribution in [0.3, 0.4) is 0 Å². The van der Waals surface area contributed by atoms with Crippen molar-refractivity contribution in [2.45, 2.75) is 375 Å². The van der Waals surface area contributed by atoms with Crippen molar-refractivity contribution in [1.29, 1.82) is 0 Å². The molecule has 0 saturated carbocycles. The summed E-state index contributed by atoms with van der Waals surface area (Å²) in [4.78, 5) is 13.4. The fourth-order valence-electron chi connectivity index (χ4n) is 12.1. The topological polar surface area (TPSA) is 307 Å². The molecule has 19 nitrogen and oxygen atoms in total. The molecule has 17 unspecified atom stereocenters. The van der Waals surface area contributed by atoms with Crippen molar-refractivity contribution in [3.8, 4) is 0 Å². The van der Waals surface area contributed by atoms with Crippen LogP contribution >= 0.6 is 0 Å². The Morgan fingerprint density at radius 2 is 0.759 bits per heavy atom. The second-order valence-corrected chi connectivity index (χ2v) is 25.3. The Balaban J connectivity index is 1.41. The lowest BCUT2D eigenvalue weighted by Gasteiger charge is -2.48. The fraction of sp³-hybridized carbons (Fsp3) is 0.926. The Labute approximate surface area is 524 Å². The first kappa shape index (κ1) is 79.5. The first-order valence-corrected chi connectivity index (χ1v) is 35.1. The zero-order chi connectivity index (χ0) is 63.3. The van der Waals surface area contributed by atoms with E-state index >= 15 is 0 Å². The molecule has 19 heteroatoms. The molecule has 17 atom stereocenters. The minimum atomic E-state index is -1.97. The highest BCUT2D eigenvalue weighted by molar-refractivity contribution is 5.76. The van der Waals surface area contributed by atoms with Gasteiger partial charge in [-0.15, -0.1) is 0 Å². The highest BCUT2D eigenvalue weighted by atomic mass is 16.8. The number of hydrogen-bond acceptors (Lipinski definition) is 18. The predicted molar refractivity (Wildman–Crippen MR) is 337 cm³/mol. The molecule has 0 aliphatic carbocycles. The van der Waals surface area contributed by atoms with Crippen molar-refractivity contribution in [2.75, 3.05) is 26.4 Å². The molecule has 87 heavy (non-hydrogen) atoms. The normalized spacial score (nSPS) is 28.7. The van der Waals surface area contributed by atoms with Crippen molar-refractivity contribution in [3.05, 3.63) is 24.3 Å². The molecule has 3 aliphatic heterocycles. The van der Waals surface area contributed by atoms with Gasteiger partial charge in [-0.1, -0.05) is 244 Å². The summed E-state index contributed by atoms with van der Waals surface area (Å²) in [5.41, 5.74) is 0. The smallest absolute Gasteiger partial charge is 0.220 e. The molecule has 512 valence electrons. The standard InChI is InChI=1S/C68H127NO18/c1-3-5-7-9-11-13-15-17-19-20-21-22-23-24-25-26-27-28-29-30-32-33-35-37-39-41-43-45-52(73)51(69-56(74)46-44-42-40-38-36-34-31-18-16-14-12-10-8-6-4-2)50-82-66-62(80)59(77)64(54(48-71)84-66)87-68-63(81)60(78)65(55(49-72)85-68)86-67-61(79)58(76)57(75)53(47-70)83-67/h12,14,18,31,51-55,57-68,70-73,75-81H,3-11,13,15-17,19-30,32-50H2,1-2H3,(H,69,74)/b14-12-,31-18-. The number of carbonyl (C=O) groups is 1. The lowest BCUT2D eigenvalue weighted by molar-refractivity contribution is -0.379. The molecule has 3 fully saturated rings. The van der Waals surface area contributed by atoms with Crippen LogP contribution in [0.4, 0.5) is 0 Å². The van der Waals surface area contributed by atoms with Gasteiger partial charge in [0.05, 0.1) is 38.6 Å². The summed E-state index contributed by atoms with van der Waals surface area (Å²) >= 11 is 0. The van der Waals surface area contributed by atoms with E-state index in [2.05, 4.69) is 43.5 Å². The molecule has 0 aromatic rings. The molecular formula is C68H127NO18. The van der Waals surface area contributed by atoms with Crippen LogP contribution in [0.15, 0.2) is 24.3 Å². The number of allylic oxidation sites excluding steroid dienone is 4. The van der Waals surface area contributed by atoms with Gasteiger partial charge in [0.1, 0.15) is 73.2 Å². The van der Waals surface area contributed by atoms with E-state index in [1.54, 1.807) is 0 Å². The van der Waals surface area contributed by atoms with Crippen molar-refractivity contribution < 1.29 is 89.4 Å². The Bertz CT molecular complexity index is 1680. The molecule has 3 rings (SSSR count). The predicted octanol–water partition coefficient (Wildman–Crippen LogP) is 9.05. The third kappa shape index (κ3) is 33.1. The highest BCUT2D eigenvalue weighted by Gasteiger charge is 2.53. The summed E-state index contributed by atoms with van der Waals surface area (Å²) in [6, 6.07) is -0.894. The second kappa shape index (κ2) is 50.8. The van der Waals surface area contributed by atoms with Gasteiger partial charge in [0, 0.05) is 6.42 Å². The van der Waals surface area contributed by atoms with Gasteiger partial charge >= 0.3 is 0 Å². The number of nitrogens with one attached hydrogen (secondary N) is 1. The van der Waals surface area contributed by atoms with Gasteiger partial charge in [-0.2, -0.15) is 0 Å².